The van der Waals surface area contributed by atoms with Gasteiger partial charge in [-0.05, 0) is 45.0 Å². The highest BCUT2D eigenvalue weighted by Gasteiger charge is 2.40. The fraction of sp³-hybridized carbons (Fsp3) is 0.344. The van der Waals surface area contributed by atoms with Crippen LogP contribution in [0.2, 0.25) is 5.02 Å². The van der Waals surface area contributed by atoms with Crippen molar-refractivity contribution in [3.05, 3.63) is 77.2 Å². The second-order valence-electron chi connectivity index (χ2n) is 12.4. The fourth-order valence-electron chi connectivity index (χ4n) is 5.51. The molecule has 256 valence electrons. The number of hydrogen-bond acceptors (Lipinski definition) is 8. The van der Waals surface area contributed by atoms with E-state index in [0.717, 1.165) is 4.90 Å². The number of nitrogens with one attached hydrogen (secondary N) is 2. The number of rotatable bonds is 10. The second-order valence-corrected chi connectivity index (χ2v) is 14.5. The molecule has 1 fully saturated rings. The fourth-order valence-corrected chi connectivity index (χ4v) is 7.03. The number of ether oxygens (including phenoxy) is 1. The lowest BCUT2D eigenvalue weighted by molar-refractivity contribution is -0.137. The number of likely N-dealkylation sites (tertiary alicyclic amines) is 1. The summed E-state index contributed by atoms with van der Waals surface area (Å²) in [5.74, 6) is -2.80. The van der Waals surface area contributed by atoms with E-state index in [0.29, 0.717) is 16.0 Å². The van der Waals surface area contributed by atoms with Crippen LogP contribution in [0.5, 0.6) is 5.75 Å². The molecular formula is C32H35ClF2N6O6S. The molecule has 0 saturated carbocycles. The minimum Gasteiger partial charge on any atom is -0.476 e. The van der Waals surface area contributed by atoms with E-state index in [4.69, 9.17) is 22.1 Å². The largest absolute Gasteiger partial charge is 0.476 e. The summed E-state index contributed by atoms with van der Waals surface area (Å²) in [6.45, 7) is 4.16. The molecule has 0 radical (unpaired) electrons. The predicted octanol–water partition coefficient (Wildman–Crippen LogP) is 4.08. The number of nitrogens with two attached hydrogens (primary N) is 1. The lowest BCUT2D eigenvalue weighted by atomic mass is 10.0. The van der Waals surface area contributed by atoms with Gasteiger partial charge in [0, 0.05) is 39.6 Å². The number of benzene rings is 3. The maximum Gasteiger partial charge on any atom is 0.247 e. The Morgan fingerprint density at radius 1 is 1.15 bits per heavy atom. The van der Waals surface area contributed by atoms with Gasteiger partial charge in [-0.3, -0.25) is 14.3 Å². The molecule has 5 N–H and O–H groups in total. The highest BCUT2D eigenvalue weighted by Crippen LogP contribution is 2.33. The van der Waals surface area contributed by atoms with Crippen molar-refractivity contribution in [2.75, 3.05) is 17.8 Å². The van der Waals surface area contributed by atoms with Crippen LogP contribution in [0.1, 0.15) is 39.1 Å². The molecular weight excluding hydrogens is 670 g/mol. The van der Waals surface area contributed by atoms with Gasteiger partial charge < -0.3 is 25.8 Å². The normalized spacial score (nSPS) is 17.5. The lowest BCUT2D eigenvalue weighted by Gasteiger charge is -2.24. The summed E-state index contributed by atoms with van der Waals surface area (Å²) in [5, 5.41) is 17.6. The first-order chi connectivity index (χ1) is 22.5. The Morgan fingerprint density at radius 2 is 1.85 bits per heavy atom. The summed E-state index contributed by atoms with van der Waals surface area (Å²) < 4.78 is 64.3. The number of anilines is 1. The number of aliphatic hydroxyl groups is 1. The molecule has 1 saturated heterocycles. The zero-order valence-corrected chi connectivity index (χ0v) is 27.9. The van der Waals surface area contributed by atoms with Crippen LogP contribution in [0.25, 0.3) is 22.0 Å². The van der Waals surface area contributed by atoms with E-state index < -0.39 is 70.7 Å². The summed E-state index contributed by atoms with van der Waals surface area (Å²) in [6.07, 6.45) is -3.36. The molecule has 0 bridgehead atoms. The Hall–Kier alpha value is -4.15. The number of hydrogen-bond donors (Lipinski definition) is 4. The number of nitrogens with zero attached hydrogens (tertiary/aromatic N) is 3. The Kier molecular flexibility index (Phi) is 10.1. The number of sulfonamides is 1. The van der Waals surface area contributed by atoms with Crippen molar-refractivity contribution in [1.82, 2.24) is 19.4 Å². The van der Waals surface area contributed by atoms with Crippen LogP contribution in [-0.2, 0) is 26.2 Å². The smallest absolute Gasteiger partial charge is 0.247 e. The minimum atomic E-state index is -3.82. The first-order valence-corrected chi connectivity index (χ1v) is 16.9. The number of alkyl halides is 1. The third-order valence-corrected chi connectivity index (χ3v) is 9.13. The Morgan fingerprint density at radius 3 is 2.54 bits per heavy atom. The standard InChI is InChI=1S/C32H35ClF2N6O6S/c1-32(2,3)39-48(45,46)17-47-19-11-12-22-25(14-19)41(38-29(22)30(36)43)16-27(42)40-15-18(34)13-26(40)31(44)37-24-10-6-8-21(28(24)35)20-7-4-5-9-23(20)33/h4-12,14,18,26,30,39,43H,13,15-17,36H2,1-3H3,(H,37,44)/t18-,26+,30?/m1/s1. The van der Waals surface area contributed by atoms with Crippen molar-refractivity contribution in [2.24, 2.45) is 5.73 Å². The molecule has 1 aliphatic rings. The SMILES string of the molecule is CC(C)(C)NS(=O)(=O)COc1ccc2c(C(N)O)nn(CC(=O)N3C[C@H](F)C[C@H]3C(=O)Nc3cccc(-c4ccccc4Cl)c3F)c2c1. The number of amides is 2. The minimum absolute atomic E-state index is 0.0272. The molecule has 3 atom stereocenters. The molecule has 48 heavy (non-hydrogen) atoms. The zero-order valence-electron chi connectivity index (χ0n) is 26.3. The molecule has 4 aromatic rings. The Balaban J connectivity index is 1.36. The number of carbonyl (C=O) groups is 2. The van der Waals surface area contributed by atoms with Gasteiger partial charge in [-0.25, -0.2) is 21.9 Å². The molecule has 12 nitrogen and oxygen atoms in total. The average Bonchev–Trinajstić information content (AvgIpc) is 3.57. The Labute approximate surface area is 280 Å². The molecule has 16 heteroatoms. The van der Waals surface area contributed by atoms with Gasteiger partial charge in [-0.2, -0.15) is 5.10 Å². The molecule has 1 aromatic heterocycles. The van der Waals surface area contributed by atoms with Crippen molar-refractivity contribution in [3.8, 4) is 16.9 Å². The van der Waals surface area contributed by atoms with Crippen molar-refractivity contribution in [2.45, 2.75) is 57.7 Å². The van der Waals surface area contributed by atoms with Crippen LogP contribution in [0, 0.1) is 5.82 Å². The highest BCUT2D eigenvalue weighted by atomic mass is 35.5. The summed E-state index contributed by atoms with van der Waals surface area (Å²) in [7, 11) is -3.82. The van der Waals surface area contributed by atoms with E-state index in [1.165, 1.54) is 41.1 Å². The quantitative estimate of drug-likeness (QED) is 0.179. The van der Waals surface area contributed by atoms with Gasteiger partial charge in [-0.1, -0.05) is 41.9 Å². The molecule has 0 aliphatic carbocycles. The van der Waals surface area contributed by atoms with E-state index in [1.54, 1.807) is 45.0 Å². The maximum atomic E-state index is 15.5. The number of carbonyl (C=O) groups excluding carboxylic acids is 2. The van der Waals surface area contributed by atoms with Crippen LogP contribution in [0.3, 0.4) is 0 Å². The van der Waals surface area contributed by atoms with Crippen LogP contribution < -0.4 is 20.5 Å². The van der Waals surface area contributed by atoms with Crippen LogP contribution >= 0.6 is 11.6 Å². The summed E-state index contributed by atoms with van der Waals surface area (Å²) in [5.41, 5.74) is 5.66. The van der Waals surface area contributed by atoms with Crippen LogP contribution in [0.15, 0.2) is 60.7 Å². The molecule has 2 heterocycles. The number of aliphatic hydroxyl groups excluding tert-OH is 1. The molecule has 5 rings (SSSR count). The molecule has 3 aromatic carbocycles. The first kappa shape index (κ1) is 35.2. The van der Waals surface area contributed by atoms with Gasteiger partial charge in [0.25, 0.3) is 0 Å². The monoisotopic (exact) mass is 704 g/mol. The summed E-state index contributed by atoms with van der Waals surface area (Å²) in [4.78, 5) is 28.0. The Bertz CT molecular complexity index is 1970. The van der Waals surface area contributed by atoms with E-state index in [9.17, 15) is 27.5 Å². The van der Waals surface area contributed by atoms with Crippen molar-refractivity contribution < 1.29 is 36.6 Å². The van der Waals surface area contributed by atoms with Gasteiger partial charge in [-0.15, -0.1) is 0 Å². The van der Waals surface area contributed by atoms with E-state index in [2.05, 4.69) is 15.1 Å². The lowest BCUT2D eigenvalue weighted by Crippen LogP contribution is -2.44. The molecule has 2 amide bonds. The average molecular weight is 705 g/mol. The topological polar surface area (TPSA) is 169 Å². The van der Waals surface area contributed by atoms with Crippen molar-refractivity contribution in [1.29, 1.82) is 0 Å². The zero-order chi connectivity index (χ0) is 35.0. The van der Waals surface area contributed by atoms with Crippen molar-refractivity contribution in [3.63, 3.8) is 0 Å². The number of fused-ring (bicyclic) bond motifs is 1. The maximum absolute atomic E-state index is 15.5. The number of halogens is 3. The third-order valence-electron chi connectivity index (χ3n) is 7.45. The van der Waals surface area contributed by atoms with E-state index in [1.807, 2.05) is 0 Å². The van der Waals surface area contributed by atoms with Gasteiger partial charge in [0.2, 0.25) is 27.8 Å². The summed E-state index contributed by atoms with van der Waals surface area (Å²) in [6, 6.07) is 14.1. The molecule has 0 spiro atoms. The first-order valence-electron chi connectivity index (χ1n) is 14.9. The van der Waals surface area contributed by atoms with Crippen LogP contribution in [0.4, 0.5) is 14.5 Å². The van der Waals surface area contributed by atoms with Gasteiger partial charge in [0.15, 0.2) is 5.82 Å². The van der Waals surface area contributed by atoms with Crippen molar-refractivity contribution >= 4 is 50.0 Å². The molecule has 1 aliphatic heterocycles. The van der Waals surface area contributed by atoms with Crippen LogP contribution in [-0.4, -0.2) is 70.3 Å². The molecule has 1 unspecified atom stereocenters. The summed E-state index contributed by atoms with van der Waals surface area (Å²) >= 11 is 6.25. The van der Waals surface area contributed by atoms with Gasteiger partial charge in [0.1, 0.15) is 36.4 Å². The van der Waals surface area contributed by atoms with E-state index in [-0.39, 0.29) is 34.6 Å². The van der Waals surface area contributed by atoms with E-state index >= 15 is 4.39 Å². The predicted molar refractivity (Wildman–Crippen MR) is 177 cm³/mol. The number of aromatic nitrogens is 2. The second kappa shape index (κ2) is 13.8. The third kappa shape index (κ3) is 7.93. The van der Waals surface area contributed by atoms with Gasteiger partial charge >= 0.3 is 0 Å². The highest BCUT2D eigenvalue weighted by molar-refractivity contribution is 7.89. The van der Waals surface area contributed by atoms with Gasteiger partial charge in [0.05, 0.1) is 17.7 Å².